The number of aromatic hydroxyl groups is 1. The maximum atomic E-state index is 9.17. The van der Waals surface area contributed by atoms with E-state index >= 15 is 0 Å². The van der Waals surface area contributed by atoms with E-state index in [2.05, 4.69) is 52.2 Å². The molecule has 2 rings (SSSR count). The predicted molar refractivity (Wildman–Crippen MR) is 76.8 cm³/mol. The molecule has 3 nitrogen and oxygen atoms in total. The highest BCUT2D eigenvalue weighted by Gasteiger charge is 2.04. The van der Waals surface area contributed by atoms with Gasteiger partial charge in [0, 0.05) is 10.2 Å². The van der Waals surface area contributed by atoms with E-state index in [1.807, 2.05) is 6.07 Å². The molecule has 0 saturated carbocycles. The minimum absolute atomic E-state index is 0.190. The molecule has 2 N–H and O–H groups in total. The Kier molecular flexibility index (Phi) is 3.87. The Morgan fingerprint density at radius 1 is 1.22 bits per heavy atom. The third kappa shape index (κ3) is 3.01. The second kappa shape index (κ2) is 5.40. The molecule has 0 radical (unpaired) electrons. The number of pyridine rings is 1. The largest absolute Gasteiger partial charge is 0.506 e. The highest BCUT2D eigenvalue weighted by atomic mass is 79.9. The molecule has 18 heavy (non-hydrogen) atoms. The second-order valence-corrected chi connectivity index (χ2v) is 5.19. The molecular weight excluding hydrogens is 292 g/mol. The van der Waals surface area contributed by atoms with Gasteiger partial charge in [-0.2, -0.15) is 0 Å². The zero-order valence-electron chi connectivity index (χ0n) is 10.4. The Balaban J connectivity index is 2.13. The van der Waals surface area contributed by atoms with Crippen molar-refractivity contribution in [2.45, 2.75) is 20.4 Å². The number of hydrogen-bond acceptors (Lipinski definition) is 3. The van der Waals surface area contributed by atoms with Gasteiger partial charge in [-0.1, -0.05) is 15.9 Å². The summed E-state index contributed by atoms with van der Waals surface area (Å²) in [6, 6.07) is 7.62. The van der Waals surface area contributed by atoms with Crippen LogP contribution in [0, 0.1) is 13.8 Å². The van der Waals surface area contributed by atoms with Crippen LogP contribution in [0.1, 0.15) is 16.8 Å². The first-order chi connectivity index (χ1) is 8.56. The fraction of sp³-hybridized carbons (Fsp3) is 0.214. The lowest BCUT2D eigenvalue weighted by Gasteiger charge is -2.13. The van der Waals surface area contributed by atoms with Gasteiger partial charge in [-0.15, -0.1) is 0 Å². The quantitative estimate of drug-likeness (QED) is 0.907. The molecular formula is C14H15BrN2O. The molecule has 0 unspecified atom stereocenters. The summed E-state index contributed by atoms with van der Waals surface area (Å²) in [5.41, 5.74) is 4.42. The van der Waals surface area contributed by atoms with Crippen molar-refractivity contribution in [3.8, 4) is 5.75 Å². The van der Waals surface area contributed by atoms with E-state index in [4.69, 9.17) is 0 Å². The number of aromatic nitrogens is 1. The van der Waals surface area contributed by atoms with Gasteiger partial charge in [0.25, 0.3) is 0 Å². The number of aryl methyl sites for hydroxylation is 2. The van der Waals surface area contributed by atoms with Gasteiger partial charge in [0.1, 0.15) is 5.75 Å². The monoisotopic (exact) mass is 306 g/mol. The van der Waals surface area contributed by atoms with E-state index in [-0.39, 0.29) is 5.75 Å². The smallest absolute Gasteiger partial charge is 0.133 e. The third-order valence-corrected chi connectivity index (χ3v) is 3.21. The Hall–Kier alpha value is -1.55. The second-order valence-electron chi connectivity index (χ2n) is 4.28. The number of benzene rings is 1. The van der Waals surface area contributed by atoms with E-state index < -0.39 is 0 Å². The summed E-state index contributed by atoms with van der Waals surface area (Å²) in [5.74, 6) is 0.190. The zero-order valence-corrected chi connectivity index (χ0v) is 12.0. The summed E-state index contributed by atoms with van der Waals surface area (Å²) in [6.45, 7) is 4.79. The maximum absolute atomic E-state index is 9.17. The average Bonchev–Trinajstić information content (AvgIpc) is 2.30. The Labute approximate surface area is 115 Å². The fourth-order valence-electron chi connectivity index (χ4n) is 1.89. The number of rotatable bonds is 3. The minimum Gasteiger partial charge on any atom is -0.506 e. The molecule has 94 valence electrons. The molecule has 0 aliphatic carbocycles. The molecule has 0 aliphatic heterocycles. The lowest BCUT2D eigenvalue weighted by molar-refractivity contribution is 0.472. The van der Waals surface area contributed by atoms with Crippen molar-refractivity contribution >= 4 is 21.6 Å². The zero-order chi connectivity index (χ0) is 13.1. The molecule has 0 fully saturated rings. The van der Waals surface area contributed by atoms with Crippen LogP contribution in [-0.2, 0) is 6.54 Å². The van der Waals surface area contributed by atoms with Gasteiger partial charge in [-0.05, 0) is 49.2 Å². The summed E-state index contributed by atoms with van der Waals surface area (Å²) in [4.78, 5) is 4.15. The Bertz CT molecular complexity index is 529. The van der Waals surface area contributed by atoms with E-state index in [1.165, 1.54) is 17.3 Å². The first kappa shape index (κ1) is 12.9. The van der Waals surface area contributed by atoms with Crippen LogP contribution < -0.4 is 5.32 Å². The van der Waals surface area contributed by atoms with Crippen LogP contribution in [0.3, 0.4) is 0 Å². The maximum Gasteiger partial charge on any atom is 0.133 e. The molecule has 2 aromatic rings. The van der Waals surface area contributed by atoms with Crippen molar-refractivity contribution in [3.63, 3.8) is 0 Å². The molecule has 0 spiro atoms. The topological polar surface area (TPSA) is 45.1 Å². The van der Waals surface area contributed by atoms with Crippen molar-refractivity contribution in [3.05, 3.63) is 51.8 Å². The van der Waals surface area contributed by atoms with Crippen molar-refractivity contribution < 1.29 is 5.11 Å². The molecule has 0 aliphatic rings. The number of nitrogens with zero attached hydrogens (tertiary/aromatic N) is 1. The van der Waals surface area contributed by atoms with Crippen LogP contribution in [0.5, 0.6) is 5.75 Å². The normalized spacial score (nSPS) is 10.4. The van der Waals surface area contributed by atoms with Crippen molar-refractivity contribution in [2.75, 3.05) is 5.32 Å². The standard InChI is InChI=1S/C14H15BrN2O/c1-9-5-11(15)6-10(2)14(9)17-7-12-3-4-13(18)8-16-12/h3-6,8,17-18H,7H2,1-2H3. The highest BCUT2D eigenvalue weighted by molar-refractivity contribution is 9.10. The van der Waals surface area contributed by atoms with Crippen LogP contribution in [0.4, 0.5) is 5.69 Å². The number of anilines is 1. The van der Waals surface area contributed by atoms with Crippen molar-refractivity contribution in [1.82, 2.24) is 4.98 Å². The van der Waals surface area contributed by atoms with Gasteiger partial charge in [-0.3, -0.25) is 4.98 Å². The van der Waals surface area contributed by atoms with Crippen LogP contribution in [0.2, 0.25) is 0 Å². The number of nitrogens with one attached hydrogen (secondary N) is 1. The van der Waals surface area contributed by atoms with Gasteiger partial charge >= 0.3 is 0 Å². The van der Waals surface area contributed by atoms with E-state index in [0.29, 0.717) is 6.54 Å². The minimum atomic E-state index is 0.190. The molecule has 1 heterocycles. The summed E-state index contributed by atoms with van der Waals surface area (Å²) in [5, 5.41) is 12.6. The third-order valence-electron chi connectivity index (χ3n) is 2.75. The molecule has 0 atom stereocenters. The van der Waals surface area contributed by atoms with Crippen LogP contribution in [0.25, 0.3) is 0 Å². The number of hydrogen-bond donors (Lipinski definition) is 2. The van der Waals surface area contributed by atoms with Gasteiger partial charge < -0.3 is 10.4 Å². The SMILES string of the molecule is Cc1cc(Br)cc(C)c1NCc1ccc(O)cn1. The Morgan fingerprint density at radius 3 is 2.44 bits per heavy atom. The first-order valence-corrected chi connectivity index (χ1v) is 6.50. The van der Waals surface area contributed by atoms with E-state index in [1.54, 1.807) is 6.07 Å². The summed E-state index contributed by atoms with van der Waals surface area (Å²) in [7, 11) is 0. The van der Waals surface area contributed by atoms with E-state index in [0.717, 1.165) is 15.9 Å². The fourth-order valence-corrected chi connectivity index (χ4v) is 2.58. The predicted octanol–water partition coefficient (Wildman–Crippen LogP) is 3.78. The van der Waals surface area contributed by atoms with Crippen LogP contribution >= 0.6 is 15.9 Å². The lowest BCUT2D eigenvalue weighted by Crippen LogP contribution is -2.04. The molecule has 0 bridgehead atoms. The molecule has 1 aromatic carbocycles. The van der Waals surface area contributed by atoms with Gasteiger partial charge in [0.05, 0.1) is 18.4 Å². The van der Waals surface area contributed by atoms with Crippen molar-refractivity contribution in [1.29, 1.82) is 0 Å². The van der Waals surface area contributed by atoms with Gasteiger partial charge in [-0.25, -0.2) is 0 Å². The number of halogens is 1. The molecule has 4 heteroatoms. The molecule has 0 amide bonds. The average molecular weight is 307 g/mol. The van der Waals surface area contributed by atoms with Gasteiger partial charge in [0.2, 0.25) is 0 Å². The van der Waals surface area contributed by atoms with Gasteiger partial charge in [0.15, 0.2) is 0 Å². The summed E-state index contributed by atoms with van der Waals surface area (Å²) >= 11 is 3.48. The highest BCUT2D eigenvalue weighted by Crippen LogP contribution is 2.25. The van der Waals surface area contributed by atoms with Crippen LogP contribution in [0.15, 0.2) is 34.9 Å². The van der Waals surface area contributed by atoms with E-state index in [9.17, 15) is 5.11 Å². The Morgan fingerprint density at radius 2 is 1.89 bits per heavy atom. The molecule has 1 aromatic heterocycles. The lowest BCUT2D eigenvalue weighted by atomic mass is 10.1. The van der Waals surface area contributed by atoms with Crippen LogP contribution in [-0.4, -0.2) is 10.1 Å². The summed E-state index contributed by atoms with van der Waals surface area (Å²) < 4.78 is 1.09. The van der Waals surface area contributed by atoms with Crippen molar-refractivity contribution in [2.24, 2.45) is 0 Å². The summed E-state index contributed by atoms with van der Waals surface area (Å²) in [6.07, 6.45) is 1.46. The molecule has 0 saturated heterocycles. The first-order valence-electron chi connectivity index (χ1n) is 5.71.